The number of H-pyrrole nitrogens is 1. The summed E-state index contributed by atoms with van der Waals surface area (Å²) in [4.78, 5) is 12.4. The predicted molar refractivity (Wildman–Crippen MR) is 108 cm³/mol. The second kappa shape index (κ2) is 8.90. The molecule has 0 saturated carbocycles. The molecule has 2 aromatic heterocycles. The molecule has 0 bridgehead atoms. The molecule has 0 aliphatic rings. The summed E-state index contributed by atoms with van der Waals surface area (Å²) in [5.41, 5.74) is 2.68. The van der Waals surface area contributed by atoms with Crippen molar-refractivity contribution >= 4 is 17.5 Å². The third-order valence-electron chi connectivity index (χ3n) is 4.53. The Morgan fingerprint density at radius 1 is 1.41 bits per heavy atom. The highest BCUT2D eigenvalue weighted by atomic mass is 35.5. The number of amides is 1. The van der Waals surface area contributed by atoms with Gasteiger partial charge in [-0.15, -0.1) is 0 Å². The van der Waals surface area contributed by atoms with Gasteiger partial charge in [-0.3, -0.25) is 14.6 Å². The van der Waals surface area contributed by atoms with Crippen molar-refractivity contribution in [2.45, 2.75) is 39.0 Å². The van der Waals surface area contributed by atoms with Crippen LogP contribution in [-0.2, 0) is 6.54 Å². The first-order chi connectivity index (χ1) is 13.9. The summed E-state index contributed by atoms with van der Waals surface area (Å²) in [5, 5.41) is 33.0. The molecule has 3 aromatic rings. The number of aliphatic hydroxyl groups is 1. The van der Waals surface area contributed by atoms with Crippen molar-refractivity contribution < 1.29 is 9.90 Å². The van der Waals surface area contributed by atoms with Gasteiger partial charge in [0.25, 0.3) is 5.91 Å². The fraction of sp³-hybridized carbons (Fsp3) is 0.300. The third-order valence-corrected chi connectivity index (χ3v) is 4.84. The highest BCUT2D eigenvalue weighted by molar-refractivity contribution is 6.32. The van der Waals surface area contributed by atoms with Crippen LogP contribution in [0.3, 0.4) is 0 Å². The van der Waals surface area contributed by atoms with E-state index < -0.39 is 6.10 Å². The molecular formula is C20H21ClN6O2. The lowest BCUT2D eigenvalue weighted by Crippen LogP contribution is -2.37. The fourth-order valence-electron chi connectivity index (χ4n) is 2.82. The van der Waals surface area contributed by atoms with Crippen molar-refractivity contribution in [3.63, 3.8) is 0 Å². The zero-order chi connectivity index (χ0) is 21.0. The van der Waals surface area contributed by atoms with E-state index in [1.165, 1.54) is 6.07 Å². The molecule has 29 heavy (non-hydrogen) atoms. The number of aliphatic hydroxyl groups excluding tert-OH is 1. The van der Waals surface area contributed by atoms with Gasteiger partial charge in [0.2, 0.25) is 0 Å². The van der Waals surface area contributed by atoms with Crippen LogP contribution in [0.4, 0.5) is 0 Å². The minimum Gasteiger partial charge on any atom is -0.387 e. The van der Waals surface area contributed by atoms with Crippen LogP contribution in [0.2, 0.25) is 5.02 Å². The molecule has 1 amide bonds. The molecule has 0 saturated heterocycles. The van der Waals surface area contributed by atoms with Crippen LogP contribution in [0.25, 0.3) is 11.3 Å². The van der Waals surface area contributed by atoms with E-state index >= 15 is 0 Å². The van der Waals surface area contributed by atoms with E-state index in [1.807, 2.05) is 25.3 Å². The first kappa shape index (κ1) is 20.6. The minimum absolute atomic E-state index is 0.141. The van der Waals surface area contributed by atoms with Crippen LogP contribution in [0.5, 0.6) is 0 Å². The number of benzene rings is 1. The Hall–Kier alpha value is -3.15. The van der Waals surface area contributed by atoms with Crippen LogP contribution in [-0.4, -0.2) is 37.0 Å². The number of hydrogen-bond donors (Lipinski definition) is 3. The summed E-state index contributed by atoms with van der Waals surface area (Å²) in [7, 11) is 0. The molecule has 0 fully saturated rings. The highest BCUT2D eigenvalue weighted by Gasteiger charge is 2.17. The van der Waals surface area contributed by atoms with E-state index in [4.69, 9.17) is 16.9 Å². The zero-order valence-electron chi connectivity index (χ0n) is 16.1. The number of aromatic nitrogens is 4. The third kappa shape index (κ3) is 4.83. The monoisotopic (exact) mass is 412 g/mol. The highest BCUT2D eigenvalue weighted by Crippen LogP contribution is 2.24. The molecule has 0 aliphatic heterocycles. The van der Waals surface area contributed by atoms with Crippen LogP contribution < -0.4 is 5.32 Å². The van der Waals surface area contributed by atoms with E-state index in [-0.39, 0.29) is 11.9 Å². The summed E-state index contributed by atoms with van der Waals surface area (Å²) in [6, 6.07) is 10.5. The minimum atomic E-state index is -0.743. The molecule has 0 spiro atoms. The fourth-order valence-corrected chi connectivity index (χ4v) is 3.04. The number of nitrogens with zero attached hydrogens (tertiary/aromatic N) is 4. The Kier molecular flexibility index (Phi) is 6.32. The average Bonchev–Trinajstić information content (AvgIpc) is 3.37. The van der Waals surface area contributed by atoms with E-state index in [9.17, 15) is 9.90 Å². The van der Waals surface area contributed by atoms with Crippen LogP contribution >= 0.6 is 11.6 Å². The first-order valence-corrected chi connectivity index (χ1v) is 9.56. The van der Waals surface area contributed by atoms with Gasteiger partial charge in [-0.25, -0.2) is 0 Å². The van der Waals surface area contributed by atoms with Crippen LogP contribution in [0, 0.1) is 11.3 Å². The lowest BCUT2D eigenvalue weighted by molar-refractivity contribution is 0.0926. The van der Waals surface area contributed by atoms with Crippen LogP contribution in [0.15, 0.2) is 36.5 Å². The number of aromatic amines is 1. The van der Waals surface area contributed by atoms with Gasteiger partial charge < -0.3 is 10.4 Å². The molecule has 3 N–H and O–H groups in total. The van der Waals surface area contributed by atoms with Gasteiger partial charge in [0.05, 0.1) is 34.6 Å². The standard InChI is InChI=1S/C20H21ClN6O2/c1-3-15(23-20(29)19-9-18(12(2)28)24-25-19)11-27-7-6-17(26-27)13-4-5-14(10-22)16(21)8-13/h4-9,12,15,28H,3,11H2,1-2H3,(H,23,29)(H,24,25)/t12?,15-/m1/s1. The second-order valence-electron chi connectivity index (χ2n) is 6.69. The first-order valence-electron chi connectivity index (χ1n) is 9.19. The van der Waals surface area contributed by atoms with Gasteiger partial charge in [-0.05, 0) is 37.6 Å². The summed E-state index contributed by atoms with van der Waals surface area (Å²) in [5.74, 6) is -0.289. The van der Waals surface area contributed by atoms with Crippen molar-refractivity contribution in [2.24, 2.45) is 0 Å². The maximum atomic E-state index is 12.4. The quantitative estimate of drug-likeness (QED) is 0.550. The number of nitrogens with one attached hydrogen (secondary N) is 2. The summed E-state index contributed by atoms with van der Waals surface area (Å²) in [6.07, 6.45) is 1.80. The maximum Gasteiger partial charge on any atom is 0.269 e. The van der Waals surface area contributed by atoms with Crippen molar-refractivity contribution in [2.75, 3.05) is 0 Å². The lowest BCUT2D eigenvalue weighted by atomic mass is 10.1. The zero-order valence-corrected chi connectivity index (χ0v) is 16.8. The molecule has 2 heterocycles. The Morgan fingerprint density at radius 3 is 2.83 bits per heavy atom. The van der Waals surface area contributed by atoms with Gasteiger partial charge in [0.1, 0.15) is 11.8 Å². The van der Waals surface area contributed by atoms with Gasteiger partial charge >= 0.3 is 0 Å². The SMILES string of the molecule is CC[C@H](Cn1ccc(-c2ccc(C#N)c(Cl)c2)n1)NC(=O)c1cc(C(C)O)n[nH]1. The smallest absolute Gasteiger partial charge is 0.269 e. The van der Waals surface area contributed by atoms with Crippen LogP contribution in [0.1, 0.15) is 48.1 Å². The molecule has 150 valence electrons. The summed E-state index contributed by atoms with van der Waals surface area (Å²) < 4.78 is 1.75. The summed E-state index contributed by atoms with van der Waals surface area (Å²) in [6.45, 7) is 4.05. The number of nitriles is 1. The predicted octanol–water partition coefficient (Wildman–Crippen LogP) is 3.06. The van der Waals surface area contributed by atoms with E-state index in [0.29, 0.717) is 34.9 Å². The van der Waals surface area contributed by atoms with E-state index in [1.54, 1.807) is 29.8 Å². The van der Waals surface area contributed by atoms with Gasteiger partial charge in [-0.2, -0.15) is 15.5 Å². The van der Waals surface area contributed by atoms with Crippen molar-refractivity contribution in [3.05, 3.63) is 58.5 Å². The molecule has 0 radical (unpaired) electrons. The van der Waals surface area contributed by atoms with Crippen molar-refractivity contribution in [1.82, 2.24) is 25.3 Å². The largest absolute Gasteiger partial charge is 0.387 e. The Balaban J connectivity index is 1.67. The van der Waals surface area contributed by atoms with Gasteiger partial charge in [-0.1, -0.05) is 24.6 Å². The average molecular weight is 413 g/mol. The Bertz CT molecular complexity index is 1050. The Morgan fingerprint density at radius 2 is 2.21 bits per heavy atom. The molecule has 2 atom stereocenters. The maximum absolute atomic E-state index is 12.4. The van der Waals surface area contributed by atoms with E-state index in [2.05, 4.69) is 20.6 Å². The molecule has 1 unspecified atom stereocenters. The Labute approximate surface area is 173 Å². The normalized spacial score (nSPS) is 12.9. The molecule has 8 nitrogen and oxygen atoms in total. The van der Waals surface area contributed by atoms with Crippen molar-refractivity contribution in [3.8, 4) is 17.3 Å². The number of hydrogen-bond acceptors (Lipinski definition) is 5. The topological polar surface area (TPSA) is 120 Å². The van der Waals surface area contributed by atoms with E-state index in [0.717, 1.165) is 11.3 Å². The number of rotatable bonds is 7. The lowest BCUT2D eigenvalue weighted by Gasteiger charge is -2.16. The molecular weight excluding hydrogens is 392 g/mol. The molecule has 0 aliphatic carbocycles. The molecule has 1 aromatic carbocycles. The van der Waals surface area contributed by atoms with Gasteiger partial charge in [0, 0.05) is 17.8 Å². The number of carbonyl (C=O) groups excluding carboxylic acids is 1. The molecule has 3 rings (SSSR count). The van der Waals surface area contributed by atoms with Crippen molar-refractivity contribution in [1.29, 1.82) is 5.26 Å². The molecule has 9 heteroatoms. The number of halogens is 1. The second-order valence-corrected chi connectivity index (χ2v) is 7.10. The summed E-state index contributed by atoms with van der Waals surface area (Å²) >= 11 is 6.10. The number of carbonyl (C=O) groups is 1. The van der Waals surface area contributed by atoms with Gasteiger partial charge in [0.15, 0.2) is 0 Å².